The normalized spacial score (nSPS) is 11.8. The monoisotopic (exact) mass is 388 g/mol. The summed E-state index contributed by atoms with van der Waals surface area (Å²) in [5.41, 5.74) is -0.722. The summed E-state index contributed by atoms with van der Waals surface area (Å²) in [5.74, 6) is -0.409. The van der Waals surface area contributed by atoms with E-state index in [0.717, 1.165) is 6.07 Å². The van der Waals surface area contributed by atoms with E-state index in [4.69, 9.17) is 4.74 Å². The lowest BCUT2D eigenvalue weighted by Gasteiger charge is -2.09. The standard InChI is InChI=1S/C16H15F3N2O4S/c1-25-13-5-2-11(3-6-13)15(22)20-8-9-26(23,24)14-7-4-12(10-21-14)16(17,18)19/h2-7,10H,8-9H2,1H3,(H,20,22). The van der Waals surface area contributed by atoms with E-state index in [0.29, 0.717) is 23.6 Å². The van der Waals surface area contributed by atoms with Gasteiger partial charge < -0.3 is 10.1 Å². The minimum Gasteiger partial charge on any atom is -0.497 e. The molecular formula is C16H15F3N2O4S. The molecule has 0 aliphatic carbocycles. The van der Waals surface area contributed by atoms with Gasteiger partial charge in [0, 0.05) is 18.3 Å². The van der Waals surface area contributed by atoms with Crippen molar-refractivity contribution in [2.24, 2.45) is 0 Å². The van der Waals surface area contributed by atoms with Crippen LogP contribution in [-0.4, -0.2) is 38.7 Å². The third-order valence-electron chi connectivity index (χ3n) is 3.39. The van der Waals surface area contributed by atoms with Gasteiger partial charge in [-0.05, 0) is 36.4 Å². The van der Waals surface area contributed by atoms with Gasteiger partial charge >= 0.3 is 6.18 Å². The summed E-state index contributed by atoms with van der Waals surface area (Å²) in [7, 11) is -2.44. The second-order valence-corrected chi connectivity index (χ2v) is 7.24. The van der Waals surface area contributed by atoms with Gasteiger partial charge in [-0.2, -0.15) is 13.2 Å². The van der Waals surface area contributed by atoms with Crippen molar-refractivity contribution in [2.75, 3.05) is 19.4 Å². The van der Waals surface area contributed by atoms with E-state index < -0.39 is 38.3 Å². The van der Waals surface area contributed by atoms with Crippen LogP contribution >= 0.6 is 0 Å². The number of pyridine rings is 1. The quantitative estimate of drug-likeness (QED) is 0.821. The number of hydrogen-bond donors (Lipinski definition) is 1. The number of alkyl halides is 3. The van der Waals surface area contributed by atoms with Crippen LogP contribution < -0.4 is 10.1 Å². The van der Waals surface area contributed by atoms with E-state index in [9.17, 15) is 26.4 Å². The molecule has 26 heavy (non-hydrogen) atoms. The molecule has 0 radical (unpaired) electrons. The fourth-order valence-corrected chi connectivity index (χ4v) is 3.05. The van der Waals surface area contributed by atoms with Crippen LogP contribution in [-0.2, 0) is 16.0 Å². The molecule has 1 aromatic heterocycles. The number of rotatable bonds is 6. The fraction of sp³-hybridized carbons (Fsp3) is 0.250. The summed E-state index contributed by atoms with van der Waals surface area (Å²) in [6.45, 7) is -0.212. The Labute approximate surface area is 147 Å². The number of nitrogens with zero attached hydrogens (tertiary/aromatic N) is 1. The third kappa shape index (κ3) is 4.94. The van der Waals surface area contributed by atoms with Crippen LogP contribution in [0.3, 0.4) is 0 Å². The summed E-state index contributed by atoms with van der Waals surface area (Å²) in [6.07, 6.45) is -4.13. The van der Waals surface area contributed by atoms with E-state index in [1.165, 1.54) is 19.2 Å². The second kappa shape index (κ2) is 7.73. The van der Waals surface area contributed by atoms with Gasteiger partial charge in [-0.15, -0.1) is 0 Å². The average Bonchev–Trinajstić information content (AvgIpc) is 2.61. The van der Waals surface area contributed by atoms with Crippen LogP contribution in [0.4, 0.5) is 13.2 Å². The molecule has 1 N–H and O–H groups in total. The van der Waals surface area contributed by atoms with Crippen LogP contribution in [0.25, 0.3) is 0 Å². The highest BCUT2D eigenvalue weighted by atomic mass is 32.2. The lowest BCUT2D eigenvalue weighted by molar-refractivity contribution is -0.137. The van der Waals surface area contributed by atoms with E-state index >= 15 is 0 Å². The summed E-state index contributed by atoms with van der Waals surface area (Å²) in [6, 6.07) is 7.63. The topological polar surface area (TPSA) is 85.4 Å². The first-order valence-corrected chi connectivity index (χ1v) is 8.97. The molecule has 2 rings (SSSR count). The predicted molar refractivity (Wildman–Crippen MR) is 86.6 cm³/mol. The Bertz CT molecular complexity index is 864. The minimum absolute atomic E-state index is 0.212. The Hall–Kier alpha value is -2.62. The lowest BCUT2D eigenvalue weighted by atomic mass is 10.2. The molecule has 0 saturated carbocycles. The highest BCUT2D eigenvalue weighted by Gasteiger charge is 2.31. The van der Waals surface area contributed by atoms with E-state index in [1.54, 1.807) is 12.1 Å². The molecule has 1 heterocycles. The maximum atomic E-state index is 12.5. The maximum absolute atomic E-state index is 12.5. The number of carbonyl (C=O) groups excluding carboxylic acids is 1. The first kappa shape index (κ1) is 19.7. The molecule has 1 amide bonds. The molecule has 0 unspecified atom stereocenters. The van der Waals surface area contributed by atoms with Crippen molar-refractivity contribution in [3.05, 3.63) is 53.7 Å². The number of halogens is 3. The molecule has 0 atom stereocenters. The minimum atomic E-state index is -4.60. The van der Waals surface area contributed by atoms with Crippen LogP contribution in [0.5, 0.6) is 5.75 Å². The van der Waals surface area contributed by atoms with E-state index in [2.05, 4.69) is 10.3 Å². The van der Waals surface area contributed by atoms with Gasteiger partial charge in [0.1, 0.15) is 5.75 Å². The largest absolute Gasteiger partial charge is 0.497 e. The molecule has 0 bridgehead atoms. The molecule has 140 valence electrons. The Morgan fingerprint density at radius 3 is 2.31 bits per heavy atom. The van der Waals surface area contributed by atoms with Gasteiger partial charge in [-0.1, -0.05) is 0 Å². The number of sulfone groups is 1. The Morgan fingerprint density at radius 2 is 1.81 bits per heavy atom. The van der Waals surface area contributed by atoms with Crippen molar-refractivity contribution in [2.45, 2.75) is 11.2 Å². The first-order chi connectivity index (χ1) is 12.1. The number of ether oxygens (including phenoxy) is 1. The average molecular weight is 388 g/mol. The highest BCUT2D eigenvalue weighted by molar-refractivity contribution is 7.91. The second-order valence-electron chi connectivity index (χ2n) is 5.19. The Morgan fingerprint density at radius 1 is 1.15 bits per heavy atom. The van der Waals surface area contributed by atoms with E-state index in [-0.39, 0.29) is 6.54 Å². The summed E-state index contributed by atoms with van der Waals surface area (Å²) in [4.78, 5) is 15.3. The van der Waals surface area contributed by atoms with Crippen molar-refractivity contribution in [1.82, 2.24) is 10.3 Å². The Balaban J connectivity index is 1.96. The van der Waals surface area contributed by atoms with Crippen LogP contribution in [0, 0.1) is 0 Å². The van der Waals surface area contributed by atoms with Crippen molar-refractivity contribution in [3.63, 3.8) is 0 Å². The molecule has 6 nitrogen and oxygen atoms in total. The zero-order valence-electron chi connectivity index (χ0n) is 13.6. The number of benzene rings is 1. The molecule has 0 saturated heterocycles. The zero-order chi connectivity index (χ0) is 19.4. The van der Waals surface area contributed by atoms with Crippen molar-refractivity contribution >= 4 is 15.7 Å². The summed E-state index contributed by atoms with van der Waals surface area (Å²) < 4.78 is 66.5. The van der Waals surface area contributed by atoms with Crippen molar-refractivity contribution in [1.29, 1.82) is 0 Å². The number of aromatic nitrogens is 1. The van der Waals surface area contributed by atoms with Crippen LogP contribution in [0.1, 0.15) is 15.9 Å². The molecular weight excluding hydrogens is 373 g/mol. The number of methoxy groups -OCH3 is 1. The van der Waals surface area contributed by atoms with Crippen molar-refractivity contribution in [3.8, 4) is 5.75 Å². The molecule has 0 aliphatic heterocycles. The first-order valence-electron chi connectivity index (χ1n) is 7.32. The van der Waals surface area contributed by atoms with Crippen molar-refractivity contribution < 1.29 is 31.1 Å². The lowest BCUT2D eigenvalue weighted by Crippen LogP contribution is -2.29. The zero-order valence-corrected chi connectivity index (χ0v) is 14.4. The molecule has 0 spiro atoms. The summed E-state index contributed by atoms with van der Waals surface area (Å²) >= 11 is 0. The molecule has 1 aromatic carbocycles. The van der Waals surface area contributed by atoms with Gasteiger partial charge in [0.2, 0.25) is 0 Å². The van der Waals surface area contributed by atoms with E-state index in [1.807, 2.05) is 0 Å². The smallest absolute Gasteiger partial charge is 0.417 e. The van der Waals surface area contributed by atoms with Gasteiger partial charge in [0.25, 0.3) is 5.91 Å². The molecule has 2 aromatic rings. The van der Waals surface area contributed by atoms with Gasteiger partial charge in [-0.25, -0.2) is 13.4 Å². The third-order valence-corrected chi connectivity index (χ3v) is 5.01. The predicted octanol–water partition coefficient (Wildman–Crippen LogP) is 2.31. The number of carbonyl (C=O) groups is 1. The summed E-state index contributed by atoms with van der Waals surface area (Å²) in [5, 5.41) is 1.95. The number of nitrogens with one attached hydrogen (secondary N) is 1. The highest BCUT2D eigenvalue weighted by Crippen LogP contribution is 2.28. The molecule has 10 heteroatoms. The van der Waals surface area contributed by atoms with Gasteiger partial charge in [-0.3, -0.25) is 4.79 Å². The number of amides is 1. The molecule has 0 fully saturated rings. The van der Waals surface area contributed by atoms with Gasteiger partial charge in [0.15, 0.2) is 14.9 Å². The van der Waals surface area contributed by atoms with Crippen LogP contribution in [0.15, 0.2) is 47.6 Å². The maximum Gasteiger partial charge on any atom is 0.417 e. The number of hydrogen-bond acceptors (Lipinski definition) is 5. The van der Waals surface area contributed by atoms with Crippen LogP contribution in [0.2, 0.25) is 0 Å². The fourth-order valence-electron chi connectivity index (χ4n) is 1.98. The SMILES string of the molecule is COc1ccc(C(=O)NCCS(=O)(=O)c2ccc(C(F)(F)F)cn2)cc1. The Kier molecular flexibility index (Phi) is 5.86. The van der Waals surface area contributed by atoms with Gasteiger partial charge in [0.05, 0.1) is 18.4 Å². The molecule has 0 aliphatic rings.